The SMILES string of the molecule is O=C(O)C1(CNS(=O)(=O)c2ccc(Br)s2)CCCC1. The van der Waals surface area contributed by atoms with Crippen molar-refractivity contribution in [3.05, 3.63) is 15.9 Å². The molecule has 0 bridgehead atoms. The third-order valence-corrected chi connectivity index (χ3v) is 6.95. The Hall–Kier alpha value is -0.440. The van der Waals surface area contributed by atoms with Gasteiger partial charge in [0.25, 0.3) is 0 Å². The van der Waals surface area contributed by atoms with E-state index in [0.29, 0.717) is 12.8 Å². The monoisotopic (exact) mass is 367 g/mol. The number of carboxylic acids is 1. The highest BCUT2D eigenvalue weighted by molar-refractivity contribution is 9.11. The quantitative estimate of drug-likeness (QED) is 0.836. The van der Waals surface area contributed by atoms with Crippen LogP contribution in [0.15, 0.2) is 20.1 Å². The molecule has 0 atom stereocenters. The number of nitrogens with one attached hydrogen (secondary N) is 1. The van der Waals surface area contributed by atoms with E-state index >= 15 is 0 Å². The first-order valence-corrected chi connectivity index (χ1v) is 8.93. The zero-order chi connectivity index (χ0) is 14.1. The first-order valence-electron chi connectivity index (χ1n) is 5.84. The molecule has 1 aliphatic rings. The summed E-state index contributed by atoms with van der Waals surface area (Å²) in [6.45, 7) is -0.0415. The van der Waals surface area contributed by atoms with E-state index in [1.54, 1.807) is 6.07 Å². The van der Waals surface area contributed by atoms with Crippen LogP contribution in [0.25, 0.3) is 0 Å². The fourth-order valence-electron chi connectivity index (χ4n) is 2.26. The van der Waals surface area contributed by atoms with Gasteiger partial charge < -0.3 is 5.11 Å². The van der Waals surface area contributed by atoms with Crippen LogP contribution >= 0.6 is 27.3 Å². The van der Waals surface area contributed by atoms with Crippen molar-refractivity contribution in [3.8, 4) is 0 Å². The number of hydrogen-bond acceptors (Lipinski definition) is 4. The number of aliphatic carboxylic acids is 1. The largest absolute Gasteiger partial charge is 0.481 e. The van der Waals surface area contributed by atoms with Crippen molar-refractivity contribution in [2.75, 3.05) is 6.54 Å². The number of rotatable bonds is 5. The number of carboxylic acid groups (broad SMARTS) is 1. The Kier molecular flexibility index (Phi) is 4.34. The Morgan fingerprint density at radius 1 is 1.42 bits per heavy atom. The second-order valence-electron chi connectivity index (χ2n) is 4.68. The zero-order valence-electron chi connectivity index (χ0n) is 10.1. The van der Waals surface area contributed by atoms with Crippen molar-refractivity contribution >= 4 is 43.3 Å². The number of hydrogen-bond donors (Lipinski definition) is 2. The fraction of sp³-hybridized carbons (Fsp3) is 0.545. The summed E-state index contributed by atoms with van der Waals surface area (Å²) in [7, 11) is -3.62. The van der Waals surface area contributed by atoms with E-state index in [0.717, 1.165) is 28.0 Å². The minimum atomic E-state index is -3.62. The molecule has 1 aromatic heterocycles. The van der Waals surface area contributed by atoms with Crippen LogP contribution < -0.4 is 4.72 Å². The van der Waals surface area contributed by atoms with Gasteiger partial charge in [0.1, 0.15) is 4.21 Å². The summed E-state index contributed by atoms with van der Waals surface area (Å²) in [5.74, 6) is -0.917. The van der Waals surface area contributed by atoms with Crippen LogP contribution in [-0.2, 0) is 14.8 Å². The Bertz CT molecular complexity index is 575. The summed E-state index contributed by atoms with van der Waals surface area (Å²) < 4.78 is 27.5. The Labute approximate surface area is 124 Å². The fourth-order valence-corrected chi connectivity index (χ4v) is 5.45. The molecule has 0 aliphatic heterocycles. The molecule has 0 radical (unpaired) electrons. The molecular weight excluding hydrogens is 354 g/mol. The Morgan fingerprint density at radius 2 is 2.05 bits per heavy atom. The average molecular weight is 368 g/mol. The van der Waals surface area contributed by atoms with Crippen molar-refractivity contribution in [2.24, 2.45) is 5.41 Å². The molecule has 8 heteroatoms. The number of carbonyl (C=O) groups is 1. The Balaban J connectivity index is 2.11. The van der Waals surface area contributed by atoms with Gasteiger partial charge in [-0.05, 0) is 40.9 Å². The molecule has 2 rings (SSSR count). The minimum Gasteiger partial charge on any atom is -0.481 e. The highest BCUT2D eigenvalue weighted by atomic mass is 79.9. The molecule has 106 valence electrons. The molecule has 1 aromatic rings. The maximum absolute atomic E-state index is 12.1. The summed E-state index contributed by atoms with van der Waals surface area (Å²) >= 11 is 4.31. The lowest BCUT2D eigenvalue weighted by Crippen LogP contribution is -2.41. The standard InChI is InChI=1S/C11H14BrNO4S2/c12-8-3-4-9(18-8)19(16,17)13-7-11(10(14)15)5-1-2-6-11/h3-4,13H,1-2,5-7H2,(H,14,15). The summed E-state index contributed by atoms with van der Waals surface area (Å²) in [5, 5.41) is 9.30. The molecular formula is C11H14BrNO4S2. The normalized spacial score (nSPS) is 18.6. The molecule has 0 saturated heterocycles. The van der Waals surface area contributed by atoms with Crippen molar-refractivity contribution < 1.29 is 18.3 Å². The van der Waals surface area contributed by atoms with Gasteiger partial charge in [0.2, 0.25) is 10.0 Å². The highest BCUT2D eigenvalue weighted by Gasteiger charge is 2.42. The smallest absolute Gasteiger partial charge is 0.310 e. The lowest BCUT2D eigenvalue weighted by atomic mass is 9.87. The van der Waals surface area contributed by atoms with E-state index in [1.165, 1.54) is 6.07 Å². The van der Waals surface area contributed by atoms with Crippen LogP contribution in [0.3, 0.4) is 0 Å². The lowest BCUT2D eigenvalue weighted by molar-refractivity contribution is -0.148. The molecule has 19 heavy (non-hydrogen) atoms. The van der Waals surface area contributed by atoms with Crippen LogP contribution in [0, 0.1) is 5.41 Å². The van der Waals surface area contributed by atoms with Crippen molar-refractivity contribution in [2.45, 2.75) is 29.9 Å². The summed E-state index contributed by atoms with van der Waals surface area (Å²) in [6.07, 6.45) is 2.72. The minimum absolute atomic E-state index is 0.0415. The van der Waals surface area contributed by atoms with Crippen LogP contribution in [0.2, 0.25) is 0 Å². The maximum Gasteiger partial charge on any atom is 0.310 e. The topological polar surface area (TPSA) is 83.5 Å². The molecule has 1 heterocycles. The maximum atomic E-state index is 12.1. The molecule has 1 saturated carbocycles. The van der Waals surface area contributed by atoms with Gasteiger partial charge in [-0.25, -0.2) is 13.1 Å². The molecule has 1 fully saturated rings. The van der Waals surface area contributed by atoms with Crippen LogP contribution in [0.4, 0.5) is 0 Å². The van der Waals surface area contributed by atoms with Crippen molar-refractivity contribution in [3.63, 3.8) is 0 Å². The molecule has 2 N–H and O–H groups in total. The predicted octanol–water partition coefficient (Wildman–Crippen LogP) is 2.43. The summed E-state index contributed by atoms with van der Waals surface area (Å²) in [5.41, 5.74) is -0.943. The second-order valence-corrected chi connectivity index (χ2v) is 9.13. The van der Waals surface area contributed by atoms with Crippen molar-refractivity contribution in [1.29, 1.82) is 0 Å². The van der Waals surface area contributed by atoms with Gasteiger partial charge in [-0.2, -0.15) is 0 Å². The van der Waals surface area contributed by atoms with Crippen LogP contribution in [0.1, 0.15) is 25.7 Å². The van der Waals surface area contributed by atoms with Gasteiger partial charge in [-0.15, -0.1) is 11.3 Å². The molecule has 5 nitrogen and oxygen atoms in total. The van der Waals surface area contributed by atoms with Gasteiger partial charge in [0.15, 0.2) is 0 Å². The van der Waals surface area contributed by atoms with E-state index in [4.69, 9.17) is 0 Å². The number of halogens is 1. The van der Waals surface area contributed by atoms with Gasteiger partial charge in [-0.1, -0.05) is 12.8 Å². The molecule has 0 spiro atoms. The third-order valence-electron chi connectivity index (χ3n) is 3.43. The summed E-state index contributed by atoms with van der Waals surface area (Å²) in [6, 6.07) is 3.15. The zero-order valence-corrected chi connectivity index (χ0v) is 13.3. The highest BCUT2D eigenvalue weighted by Crippen LogP contribution is 2.38. The lowest BCUT2D eigenvalue weighted by Gasteiger charge is -2.23. The van der Waals surface area contributed by atoms with Crippen LogP contribution in [0.5, 0.6) is 0 Å². The number of thiophene rings is 1. The number of sulfonamides is 1. The first kappa shape index (κ1) is 15.0. The van der Waals surface area contributed by atoms with E-state index in [2.05, 4.69) is 20.7 Å². The first-order chi connectivity index (χ1) is 8.86. The van der Waals surface area contributed by atoms with Gasteiger partial charge >= 0.3 is 5.97 Å². The molecule has 0 aromatic carbocycles. The van der Waals surface area contributed by atoms with E-state index < -0.39 is 21.4 Å². The Morgan fingerprint density at radius 3 is 2.53 bits per heavy atom. The van der Waals surface area contributed by atoms with Gasteiger partial charge in [0, 0.05) is 6.54 Å². The molecule has 0 amide bonds. The second kappa shape index (κ2) is 5.51. The van der Waals surface area contributed by atoms with Gasteiger partial charge in [-0.3, -0.25) is 4.79 Å². The van der Waals surface area contributed by atoms with E-state index in [9.17, 15) is 18.3 Å². The van der Waals surface area contributed by atoms with E-state index in [1.807, 2.05) is 0 Å². The van der Waals surface area contributed by atoms with E-state index in [-0.39, 0.29) is 10.8 Å². The third kappa shape index (κ3) is 3.18. The molecule has 1 aliphatic carbocycles. The van der Waals surface area contributed by atoms with Gasteiger partial charge in [0.05, 0.1) is 9.20 Å². The predicted molar refractivity (Wildman–Crippen MR) is 75.7 cm³/mol. The average Bonchev–Trinajstić information content (AvgIpc) is 2.96. The summed E-state index contributed by atoms with van der Waals surface area (Å²) in [4.78, 5) is 11.3. The van der Waals surface area contributed by atoms with Crippen LogP contribution in [-0.4, -0.2) is 26.0 Å². The molecule has 0 unspecified atom stereocenters. The van der Waals surface area contributed by atoms with Crippen molar-refractivity contribution in [1.82, 2.24) is 4.72 Å².